The van der Waals surface area contributed by atoms with Gasteiger partial charge in [-0.05, 0) is 17.7 Å². The number of halogens is 2. The van der Waals surface area contributed by atoms with Crippen molar-refractivity contribution in [2.24, 2.45) is 11.1 Å². The first-order valence-electron chi connectivity index (χ1n) is 5.97. The van der Waals surface area contributed by atoms with Crippen molar-refractivity contribution < 1.29 is 9.60 Å². The monoisotopic (exact) mass is 314 g/mol. The van der Waals surface area contributed by atoms with E-state index in [1.165, 1.54) is 12.1 Å². The topological polar surface area (TPSA) is 35.8 Å². The van der Waals surface area contributed by atoms with Gasteiger partial charge in [-0.15, -0.1) is 0 Å². The van der Waals surface area contributed by atoms with Gasteiger partial charge in [-0.3, -0.25) is 4.90 Å². The Labute approximate surface area is 114 Å². The second-order valence-corrected chi connectivity index (χ2v) is 5.57. The Hall–Kier alpha value is -0.940. The van der Waals surface area contributed by atoms with Crippen molar-refractivity contribution in [3.05, 3.63) is 34.1 Å². The largest absolute Gasteiger partial charge is 0.411 e. The van der Waals surface area contributed by atoms with E-state index in [0.29, 0.717) is 0 Å². The van der Waals surface area contributed by atoms with Gasteiger partial charge >= 0.3 is 0 Å². The van der Waals surface area contributed by atoms with Crippen molar-refractivity contribution in [2.75, 3.05) is 13.1 Å². The van der Waals surface area contributed by atoms with Gasteiger partial charge in [0.05, 0.1) is 5.71 Å². The third-order valence-electron chi connectivity index (χ3n) is 3.32. The van der Waals surface area contributed by atoms with Gasteiger partial charge in [0.25, 0.3) is 0 Å². The fourth-order valence-corrected chi connectivity index (χ4v) is 2.76. The van der Waals surface area contributed by atoms with Gasteiger partial charge in [0.15, 0.2) is 0 Å². The summed E-state index contributed by atoms with van der Waals surface area (Å²) < 4.78 is 13.8. The van der Waals surface area contributed by atoms with E-state index in [2.05, 4.69) is 32.9 Å². The molecule has 0 bridgehead atoms. The standard InChI is InChI=1S/C13H16BrFN2O/c1-9-7-17(5-4-13(9)16-18)8-10-2-3-11(15)6-12(10)14/h2-3,6,9,18H,4-5,7-8H2,1H3/b16-13+. The van der Waals surface area contributed by atoms with Crippen LogP contribution in [0.4, 0.5) is 4.39 Å². The van der Waals surface area contributed by atoms with Gasteiger partial charge in [-0.1, -0.05) is 34.1 Å². The van der Waals surface area contributed by atoms with Gasteiger partial charge in [0.1, 0.15) is 5.82 Å². The zero-order valence-corrected chi connectivity index (χ0v) is 11.8. The Morgan fingerprint density at radius 2 is 2.33 bits per heavy atom. The van der Waals surface area contributed by atoms with Crippen molar-refractivity contribution in [2.45, 2.75) is 19.9 Å². The van der Waals surface area contributed by atoms with Crippen molar-refractivity contribution in [3.63, 3.8) is 0 Å². The number of hydrogen-bond donors (Lipinski definition) is 1. The van der Waals surface area contributed by atoms with Crippen LogP contribution >= 0.6 is 15.9 Å². The molecule has 0 aliphatic carbocycles. The fraction of sp³-hybridized carbons (Fsp3) is 0.462. The van der Waals surface area contributed by atoms with Crippen LogP contribution in [-0.2, 0) is 6.54 Å². The Morgan fingerprint density at radius 1 is 1.56 bits per heavy atom. The minimum absolute atomic E-state index is 0.229. The molecule has 3 nitrogen and oxygen atoms in total. The number of piperidine rings is 1. The van der Waals surface area contributed by atoms with Crippen molar-refractivity contribution in [3.8, 4) is 0 Å². The van der Waals surface area contributed by atoms with E-state index in [1.807, 2.05) is 0 Å². The maximum Gasteiger partial charge on any atom is 0.124 e. The van der Waals surface area contributed by atoms with Crippen LogP contribution in [-0.4, -0.2) is 28.9 Å². The lowest BCUT2D eigenvalue weighted by atomic mass is 9.97. The molecule has 1 aliphatic heterocycles. The number of oxime groups is 1. The highest BCUT2D eigenvalue weighted by atomic mass is 79.9. The van der Waals surface area contributed by atoms with E-state index in [0.717, 1.165) is 41.8 Å². The van der Waals surface area contributed by atoms with Gasteiger partial charge < -0.3 is 5.21 Å². The molecule has 1 heterocycles. The summed E-state index contributed by atoms with van der Waals surface area (Å²) in [6, 6.07) is 4.77. The molecule has 18 heavy (non-hydrogen) atoms. The minimum Gasteiger partial charge on any atom is -0.411 e. The number of rotatable bonds is 2. The molecule has 0 saturated carbocycles. The summed E-state index contributed by atoms with van der Waals surface area (Å²) in [5.74, 6) is 0.0373. The predicted molar refractivity (Wildman–Crippen MR) is 72.4 cm³/mol. The van der Waals surface area contributed by atoms with Crippen LogP contribution in [0.25, 0.3) is 0 Å². The Morgan fingerprint density at radius 3 is 2.94 bits per heavy atom. The molecule has 1 N–H and O–H groups in total. The number of likely N-dealkylation sites (tertiary alicyclic amines) is 1. The highest BCUT2D eigenvalue weighted by molar-refractivity contribution is 9.10. The normalized spacial score (nSPS) is 23.5. The smallest absolute Gasteiger partial charge is 0.124 e. The molecule has 2 rings (SSSR count). The molecule has 1 unspecified atom stereocenters. The molecule has 1 aromatic rings. The molecule has 98 valence electrons. The molecular formula is C13H16BrFN2O. The zero-order chi connectivity index (χ0) is 13.1. The van der Waals surface area contributed by atoms with Crippen molar-refractivity contribution in [1.29, 1.82) is 0 Å². The van der Waals surface area contributed by atoms with Crippen LogP contribution in [0.15, 0.2) is 27.8 Å². The first kappa shape index (κ1) is 13.5. The molecule has 0 radical (unpaired) electrons. The van der Waals surface area contributed by atoms with Crippen LogP contribution in [0.2, 0.25) is 0 Å². The molecular weight excluding hydrogens is 299 g/mol. The molecule has 1 atom stereocenters. The zero-order valence-electron chi connectivity index (χ0n) is 10.2. The van der Waals surface area contributed by atoms with E-state index < -0.39 is 0 Å². The molecule has 1 fully saturated rings. The van der Waals surface area contributed by atoms with E-state index in [4.69, 9.17) is 5.21 Å². The van der Waals surface area contributed by atoms with Crippen molar-refractivity contribution >= 4 is 21.6 Å². The summed E-state index contributed by atoms with van der Waals surface area (Å²) in [7, 11) is 0. The second-order valence-electron chi connectivity index (χ2n) is 4.71. The lowest BCUT2D eigenvalue weighted by Crippen LogP contribution is -2.39. The molecule has 0 amide bonds. The van der Waals surface area contributed by atoms with E-state index in [1.54, 1.807) is 6.07 Å². The van der Waals surface area contributed by atoms with Gasteiger partial charge in [-0.25, -0.2) is 4.39 Å². The molecule has 1 aromatic carbocycles. The average Bonchev–Trinajstić information content (AvgIpc) is 2.33. The Balaban J connectivity index is 2.02. The summed E-state index contributed by atoms with van der Waals surface area (Å²) >= 11 is 3.38. The summed E-state index contributed by atoms with van der Waals surface area (Å²) in [6.45, 7) is 4.57. The lowest BCUT2D eigenvalue weighted by molar-refractivity contribution is 0.228. The van der Waals surface area contributed by atoms with Gasteiger partial charge in [0, 0.05) is 36.4 Å². The lowest BCUT2D eigenvalue weighted by Gasteiger charge is -2.31. The van der Waals surface area contributed by atoms with E-state index in [-0.39, 0.29) is 11.7 Å². The molecule has 5 heteroatoms. The van der Waals surface area contributed by atoms with E-state index >= 15 is 0 Å². The first-order valence-corrected chi connectivity index (χ1v) is 6.76. The molecule has 0 aromatic heterocycles. The van der Waals surface area contributed by atoms with Crippen LogP contribution in [0.3, 0.4) is 0 Å². The number of hydrogen-bond acceptors (Lipinski definition) is 3. The fourth-order valence-electron chi connectivity index (χ4n) is 2.29. The summed E-state index contributed by atoms with van der Waals surface area (Å²) in [5.41, 5.74) is 1.94. The number of nitrogens with zero attached hydrogens (tertiary/aromatic N) is 2. The SMILES string of the molecule is CC1CN(Cc2ccc(F)cc2Br)CC/C1=N\O. The van der Waals surface area contributed by atoms with Crippen molar-refractivity contribution in [1.82, 2.24) is 4.90 Å². The maximum absolute atomic E-state index is 13.0. The summed E-state index contributed by atoms with van der Waals surface area (Å²) in [4.78, 5) is 2.29. The molecule has 0 spiro atoms. The van der Waals surface area contributed by atoms with Gasteiger partial charge in [0.2, 0.25) is 0 Å². The maximum atomic E-state index is 13.0. The Kier molecular flexibility index (Phi) is 4.35. The van der Waals surface area contributed by atoms with Crippen LogP contribution in [0.1, 0.15) is 18.9 Å². The van der Waals surface area contributed by atoms with Crippen LogP contribution in [0, 0.1) is 11.7 Å². The quantitative estimate of drug-likeness (QED) is 0.672. The Bertz CT molecular complexity index is 464. The summed E-state index contributed by atoms with van der Waals surface area (Å²) in [6.07, 6.45) is 0.788. The molecule has 1 aliphatic rings. The third-order valence-corrected chi connectivity index (χ3v) is 4.06. The predicted octanol–water partition coefficient (Wildman–Crippen LogP) is 3.26. The minimum atomic E-state index is -0.229. The van der Waals surface area contributed by atoms with E-state index in [9.17, 15) is 4.39 Å². The summed E-state index contributed by atoms with van der Waals surface area (Å²) in [5, 5.41) is 12.2. The van der Waals surface area contributed by atoms with Crippen LogP contribution in [0.5, 0.6) is 0 Å². The highest BCUT2D eigenvalue weighted by Crippen LogP contribution is 2.22. The first-order chi connectivity index (χ1) is 8.60. The highest BCUT2D eigenvalue weighted by Gasteiger charge is 2.22. The molecule has 1 saturated heterocycles. The average molecular weight is 315 g/mol. The third kappa shape index (κ3) is 3.09. The van der Waals surface area contributed by atoms with Crippen LogP contribution < -0.4 is 0 Å². The number of benzene rings is 1. The second kappa shape index (κ2) is 5.80. The van der Waals surface area contributed by atoms with Gasteiger partial charge in [-0.2, -0.15) is 0 Å².